The first-order valence-electron chi connectivity index (χ1n) is 12.0. The summed E-state index contributed by atoms with van der Waals surface area (Å²) in [6, 6.07) is 18.7. The first kappa shape index (κ1) is 27.2. The SMILES string of the molecule is Cc1cc(C)nc(SCC(=O)N(Cc2ccccc2)C(C(=O)Nc2ccc(N(C)C)cc2)C(C)C)n1. The number of thioether (sulfide) groups is 1. The van der Waals surface area contributed by atoms with Gasteiger partial charge in [-0.1, -0.05) is 55.9 Å². The van der Waals surface area contributed by atoms with Crippen LogP contribution in [0, 0.1) is 19.8 Å². The molecule has 0 aliphatic carbocycles. The van der Waals surface area contributed by atoms with Gasteiger partial charge in [0.1, 0.15) is 6.04 Å². The van der Waals surface area contributed by atoms with Crippen LogP contribution in [0.3, 0.4) is 0 Å². The van der Waals surface area contributed by atoms with Gasteiger partial charge >= 0.3 is 0 Å². The normalized spacial score (nSPS) is 11.8. The minimum atomic E-state index is -0.646. The van der Waals surface area contributed by atoms with Crippen LogP contribution in [0.25, 0.3) is 0 Å². The predicted molar refractivity (Wildman–Crippen MR) is 147 cm³/mol. The van der Waals surface area contributed by atoms with Crippen LogP contribution in [-0.2, 0) is 16.1 Å². The Balaban J connectivity index is 1.83. The van der Waals surface area contributed by atoms with Crippen LogP contribution in [-0.4, -0.2) is 52.6 Å². The van der Waals surface area contributed by atoms with Gasteiger partial charge in [0.2, 0.25) is 11.8 Å². The first-order valence-corrected chi connectivity index (χ1v) is 13.0. The largest absolute Gasteiger partial charge is 0.378 e. The van der Waals surface area contributed by atoms with Crippen molar-refractivity contribution >= 4 is 35.0 Å². The fraction of sp³-hybridized carbons (Fsp3) is 0.357. The lowest BCUT2D eigenvalue weighted by atomic mass is 10.00. The lowest BCUT2D eigenvalue weighted by molar-refractivity contribution is -0.138. The van der Waals surface area contributed by atoms with Gasteiger partial charge < -0.3 is 15.1 Å². The number of carbonyl (C=O) groups excluding carboxylic acids is 2. The Hall–Kier alpha value is -3.39. The second-order valence-electron chi connectivity index (χ2n) is 9.35. The topological polar surface area (TPSA) is 78.4 Å². The van der Waals surface area contributed by atoms with Crippen LogP contribution >= 0.6 is 11.8 Å². The van der Waals surface area contributed by atoms with Crippen LogP contribution in [0.2, 0.25) is 0 Å². The van der Waals surface area contributed by atoms with Gasteiger partial charge in [0, 0.05) is 43.4 Å². The van der Waals surface area contributed by atoms with E-state index in [1.165, 1.54) is 11.8 Å². The van der Waals surface area contributed by atoms with E-state index < -0.39 is 6.04 Å². The number of aryl methyl sites for hydroxylation is 2. The summed E-state index contributed by atoms with van der Waals surface area (Å²) < 4.78 is 0. The third-order valence-electron chi connectivity index (χ3n) is 5.69. The molecule has 0 fully saturated rings. The number of amides is 2. The molecule has 190 valence electrons. The van der Waals surface area contributed by atoms with E-state index in [9.17, 15) is 9.59 Å². The number of benzene rings is 2. The molecule has 3 aromatic rings. The Morgan fingerprint density at radius 2 is 1.56 bits per heavy atom. The van der Waals surface area contributed by atoms with Crippen LogP contribution in [0.4, 0.5) is 11.4 Å². The van der Waals surface area contributed by atoms with E-state index in [-0.39, 0.29) is 23.5 Å². The molecule has 0 bridgehead atoms. The number of aromatic nitrogens is 2. The number of nitrogens with one attached hydrogen (secondary N) is 1. The summed E-state index contributed by atoms with van der Waals surface area (Å²) in [5.74, 6) is -0.298. The third kappa shape index (κ3) is 7.55. The molecule has 0 spiro atoms. The molecule has 3 rings (SSSR count). The molecule has 0 saturated carbocycles. The second-order valence-corrected chi connectivity index (χ2v) is 10.3. The van der Waals surface area contributed by atoms with Gasteiger partial charge in [-0.3, -0.25) is 9.59 Å². The average Bonchev–Trinajstić information content (AvgIpc) is 2.82. The lowest BCUT2D eigenvalue weighted by Gasteiger charge is -2.33. The monoisotopic (exact) mass is 505 g/mol. The van der Waals surface area contributed by atoms with E-state index in [0.29, 0.717) is 17.4 Å². The minimum absolute atomic E-state index is 0.0961. The fourth-order valence-corrected chi connectivity index (χ4v) is 4.79. The molecular formula is C28H35N5O2S. The third-order valence-corrected chi connectivity index (χ3v) is 6.52. The standard InChI is InChI=1S/C28H35N5O2S/c1-19(2)26(27(35)31-23-12-14-24(15-13-23)32(5)6)33(17-22-10-8-7-9-11-22)25(34)18-36-28-29-20(3)16-21(4)30-28/h7-16,19,26H,17-18H2,1-6H3,(H,31,35). The maximum Gasteiger partial charge on any atom is 0.247 e. The summed E-state index contributed by atoms with van der Waals surface area (Å²) in [7, 11) is 3.94. The zero-order chi connectivity index (χ0) is 26.2. The molecule has 1 unspecified atom stereocenters. The van der Waals surface area contributed by atoms with E-state index in [0.717, 1.165) is 22.6 Å². The van der Waals surface area contributed by atoms with Crippen LogP contribution < -0.4 is 10.2 Å². The van der Waals surface area contributed by atoms with Crippen LogP contribution in [0.15, 0.2) is 65.8 Å². The quantitative estimate of drug-likeness (QED) is 0.311. The van der Waals surface area contributed by atoms with Crippen molar-refractivity contribution in [2.24, 2.45) is 5.92 Å². The van der Waals surface area contributed by atoms with Gasteiger partial charge in [0.25, 0.3) is 0 Å². The molecule has 2 amide bonds. The van der Waals surface area contributed by atoms with Crippen LogP contribution in [0.5, 0.6) is 0 Å². The van der Waals surface area contributed by atoms with Crippen molar-refractivity contribution in [3.05, 3.63) is 77.6 Å². The summed E-state index contributed by atoms with van der Waals surface area (Å²) in [6.07, 6.45) is 0. The van der Waals surface area contributed by atoms with Crippen molar-refractivity contribution in [2.45, 2.75) is 45.4 Å². The molecule has 7 nitrogen and oxygen atoms in total. The van der Waals surface area contributed by atoms with Crippen molar-refractivity contribution in [3.8, 4) is 0 Å². The van der Waals surface area contributed by atoms with Crippen molar-refractivity contribution in [1.29, 1.82) is 0 Å². The Kier molecular flexibility index (Phi) is 9.47. The Morgan fingerprint density at radius 1 is 0.944 bits per heavy atom. The summed E-state index contributed by atoms with van der Waals surface area (Å²) in [5.41, 5.74) is 4.42. The van der Waals surface area contributed by atoms with Crippen molar-refractivity contribution in [1.82, 2.24) is 14.9 Å². The lowest BCUT2D eigenvalue weighted by Crippen LogP contribution is -2.50. The van der Waals surface area contributed by atoms with E-state index in [4.69, 9.17) is 0 Å². The van der Waals surface area contributed by atoms with Crippen molar-refractivity contribution < 1.29 is 9.59 Å². The average molecular weight is 506 g/mol. The summed E-state index contributed by atoms with van der Waals surface area (Å²) >= 11 is 1.30. The highest BCUT2D eigenvalue weighted by atomic mass is 32.2. The minimum Gasteiger partial charge on any atom is -0.378 e. The van der Waals surface area contributed by atoms with E-state index >= 15 is 0 Å². The Bertz CT molecular complexity index is 1150. The van der Waals surface area contributed by atoms with E-state index in [1.807, 2.05) is 107 Å². The number of carbonyl (C=O) groups is 2. The number of hydrogen-bond donors (Lipinski definition) is 1. The number of hydrogen-bond acceptors (Lipinski definition) is 6. The Labute approximate surface area is 218 Å². The van der Waals surface area contributed by atoms with Gasteiger partial charge in [-0.15, -0.1) is 0 Å². The molecule has 2 aromatic carbocycles. The smallest absolute Gasteiger partial charge is 0.247 e. The maximum absolute atomic E-state index is 13.6. The highest BCUT2D eigenvalue weighted by molar-refractivity contribution is 7.99. The van der Waals surface area contributed by atoms with Gasteiger partial charge in [-0.05, 0) is 55.7 Å². The zero-order valence-electron chi connectivity index (χ0n) is 21.9. The molecular weight excluding hydrogens is 470 g/mol. The highest BCUT2D eigenvalue weighted by Gasteiger charge is 2.32. The Morgan fingerprint density at radius 3 is 2.11 bits per heavy atom. The molecule has 1 atom stereocenters. The molecule has 0 radical (unpaired) electrons. The number of anilines is 2. The summed E-state index contributed by atoms with van der Waals surface area (Å²) in [4.78, 5) is 39.7. The first-order chi connectivity index (χ1) is 17.1. The number of rotatable bonds is 10. The molecule has 0 aliphatic heterocycles. The molecule has 0 aliphatic rings. The van der Waals surface area contributed by atoms with Gasteiger partial charge in [-0.25, -0.2) is 9.97 Å². The van der Waals surface area contributed by atoms with Gasteiger partial charge in [0.05, 0.1) is 5.75 Å². The molecule has 1 heterocycles. The molecule has 36 heavy (non-hydrogen) atoms. The second kappa shape index (κ2) is 12.5. The molecule has 1 N–H and O–H groups in total. The van der Waals surface area contributed by atoms with Crippen molar-refractivity contribution in [3.63, 3.8) is 0 Å². The molecule has 1 aromatic heterocycles. The van der Waals surface area contributed by atoms with Crippen LogP contribution in [0.1, 0.15) is 30.8 Å². The zero-order valence-corrected chi connectivity index (χ0v) is 22.7. The van der Waals surface area contributed by atoms with E-state index in [2.05, 4.69) is 15.3 Å². The fourth-order valence-electron chi connectivity index (χ4n) is 3.95. The maximum atomic E-state index is 13.6. The number of nitrogens with zero attached hydrogens (tertiary/aromatic N) is 4. The summed E-state index contributed by atoms with van der Waals surface area (Å²) in [5, 5.41) is 3.58. The van der Waals surface area contributed by atoms with Gasteiger partial charge in [-0.2, -0.15) is 0 Å². The highest BCUT2D eigenvalue weighted by Crippen LogP contribution is 2.22. The van der Waals surface area contributed by atoms with E-state index in [1.54, 1.807) is 4.90 Å². The van der Waals surface area contributed by atoms with Gasteiger partial charge in [0.15, 0.2) is 5.16 Å². The summed E-state index contributed by atoms with van der Waals surface area (Å²) in [6.45, 7) is 8.08. The molecule has 8 heteroatoms. The van der Waals surface area contributed by atoms with Crippen molar-refractivity contribution in [2.75, 3.05) is 30.1 Å². The molecule has 0 saturated heterocycles. The predicted octanol–water partition coefficient (Wildman–Crippen LogP) is 4.94.